The van der Waals surface area contributed by atoms with Gasteiger partial charge in [0.25, 0.3) is 0 Å². The number of hydrogen-bond acceptors (Lipinski definition) is 6. The molecular formula is C6H6N2Na2O6S2. The molecule has 0 saturated carbocycles. The van der Waals surface area contributed by atoms with E-state index >= 15 is 0 Å². The molecule has 0 atom stereocenters. The van der Waals surface area contributed by atoms with E-state index in [1.165, 1.54) is 18.2 Å². The molecule has 1 aromatic rings. The van der Waals surface area contributed by atoms with Crippen LogP contribution in [0.25, 0.3) is 0 Å². The Morgan fingerprint density at radius 1 is 0.833 bits per heavy atom. The predicted molar refractivity (Wildman–Crippen MR) is 53.1 cm³/mol. The van der Waals surface area contributed by atoms with Gasteiger partial charge in [0.2, 0.25) is 0 Å². The monoisotopic (exact) mass is 312 g/mol. The summed E-state index contributed by atoms with van der Waals surface area (Å²) in [6.07, 6.45) is 0. The Balaban J connectivity index is 0. The summed E-state index contributed by atoms with van der Waals surface area (Å²) >= 11 is 0. The van der Waals surface area contributed by atoms with Crippen molar-refractivity contribution in [2.45, 2.75) is 0 Å². The largest absolute Gasteiger partial charge is 1.00 e. The second-order valence-electron chi connectivity index (χ2n) is 2.69. The number of anilines is 2. The van der Waals surface area contributed by atoms with Gasteiger partial charge < -0.3 is 9.11 Å². The molecular weight excluding hydrogens is 306 g/mol. The molecule has 0 saturated heterocycles. The van der Waals surface area contributed by atoms with E-state index in [-0.39, 0.29) is 70.5 Å². The van der Waals surface area contributed by atoms with Gasteiger partial charge in [-0.3, -0.25) is 9.44 Å². The molecule has 0 aliphatic carbocycles. The van der Waals surface area contributed by atoms with Gasteiger partial charge >= 0.3 is 59.1 Å². The van der Waals surface area contributed by atoms with E-state index in [0.29, 0.717) is 0 Å². The molecule has 12 heteroatoms. The Kier molecular flexibility index (Phi) is 9.36. The van der Waals surface area contributed by atoms with Crippen LogP contribution < -0.4 is 68.6 Å². The van der Waals surface area contributed by atoms with Crippen LogP contribution in [-0.2, 0) is 20.6 Å². The van der Waals surface area contributed by atoms with Crippen molar-refractivity contribution >= 4 is 32.0 Å². The van der Waals surface area contributed by atoms with Crippen LogP contribution in [0.2, 0.25) is 0 Å². The minimum Gasteiger partial charge on any atom is -0.731 e. The quantitative estimate of drug-likeness (QED) is 0.419. The van der Waals surface area contributed by atoms with Crippen LogP contribution in [-0.4, -0.2) is 25.9 Å². The third-order valence-corrected chi connectivity index (χ3v) is 2.32. The topological polar surface area (TPSA) is 138 Å². The molecule has 0 radical (unpaired) electrons. The van der Waals surface area contributed by atoms with Gasteiger partial charge in [0.1, 0.15) is 0 Å². The zero-order chi connectivity index (χ0) is 12.4. The van der Waals surface area contributed by atoms with Gasteiger partial charge in [-0.25, -0.2) is 16.8 Å². The van der Waals surface area contributed by atoms with Gasteiger partial charge in [0, 0.05) is 11.4 Å². The summed E-state index contributed by atoms with van der Waals surface area (Å²) in [6, 6.07) is 4.70. The maximum absolute atomic E-state index is 10.3. The summed E-state index contributed by atoms with van der Waals surface area (Å²) in [5.41, 5.74) is -0.299. The van der Waals surface area contributed by atoms with Crippen molar-refractivity contribution in [3.05, 3.63) is 24.3 Å². The Hall–Kier alpha value is 0.640. The first-order chi connectivity index (χ1) is 7.16. The van der Waals surface area contributed by atoms with E-state index in [1.54, 1.807) is 9.44 Å². The van der Waals surface area contributed by atoms with Crippen molar-refractivity contribution in [2.24, 2.45) is 0 Å². The van der Waals surface area contributed by atoms with Crippen LogP contribution in [0.3, 0.4) is 0 Å². The van der Waals surface area contributed by atoms with E-state index in [4.69, 9.17) is 0 Å². The molecule has 0 fully saturated rings. The summed E-state index contributed by atoms with van der Waals surface area (Å²) in [4.78, 5) is 0. The van der Waals surface area contributed by atoms with Gasteiger partial charge in [-0.05, 0) is 18.2 Å². The minimum atomic E-state index is -4.69. The molecule has 0 aliphatic rings. The first kappa shape index (κ1) is 20.9. The summed E-state index contributed by atoms with van der Waals surface area (Å²) in [5, 5.41) is 0. The second-order valence-corrected chi connectivity index (χ2v) is 4.92. The Labute approximate surface area is 149 Å². The molecule has 0 unspecified atom stereocenters. The van der Waals surface area contributed by atoms with E-state index in [2.05, 4.69) is 0 Å². The molecule has 8 nitrogen and oxygen atoms in total. The molecule has 0 bridgehead atoms. The summed E-state index contributed by atoms with van der Waals surface area (Å²) in [6.45, 7) is 0. The third kappa shape index (κ3) is 9.55. The Morgan fingerprint density at radius 2 is 1.17 bits per heavy atom. The molecule has 90 valence electrons. The Bertz CT molecular complexity index is 539. The molecule has 2 N–H and O–H groups in total. The molecule has 0 aliphatic heterocycles. The first-order valence-electron chi connectivity index (χ1n) is 3.73. The van der Waals surface area contributed by atoms with Crippen LogP contribution in [0.4, 0.5) is 11.4 Å². The van der Waals surface area contributed by atoms with Crippen molar-refractivity contribution in [3.63, 3.8) is 0 Å². The van der Waals surface area contributed by atoms with E-state index in [1.807, 2.05) is 0 Å². The number of nitrogens with one attached hydrogen (secondary N) is 2. The summed E-state index contributed by atoms with van der Waals surface area (Å²) in [7, 11) is -9.39. The predicted octanol–water partition coefficient (Wildman–Crippen LogP) is -6.56. The zero-order valence-electron chi connectivity index (χ0n) is 9.58. The molecule has 0 spiro atoms. The average molecular weight is 312 g/mol. The van der Waals surface area contributed by atoms with Gasteiger partial charge in [-0.2, -0.15) is 0 Å². The molecule has 1 rings (SSSR count). The summed E-state index contributed by atoms with van der Waals surface area (Å²) < 4.78 is 65.2. The standard InChI is InChI=1S/C6H8N2O6S2.2Na/c9-15(10,11)7-5-2-1-3-6(4-5)8-16(12,13)14;;/h1-4,7-8H,(H,9,10,11)(H,12,13,14);;/q;2*+1/p-2. The average Bonchev–Trinajstić information content (AvgIpc) is 1.96. The van der Waals surface area contributed by atoms with Crippen LogP contribution in [0.15, 0.2) is 24.3 Å². The maximum Gasteiger partial charge on any atom is 1.00 e. The fourth-order valence-electron chi connectivity index (χ4n) is 0.935. The number of benzene rings is 1. The van der Waals surface area contributed by atoms with E-state index < -0.39 is 20.6 Å². The van der Waals surface area contributed by atoms with Crippen molar-refractivity contribution in [1.29, 1.82) is 0 Å². The van der Waals surface area contributed by atoms with Crippen molar-refractivity contribution in [3.8, 4) is 0 Å². The van der Waals surface area contributed by atoms with Gasteiger partial charge in [-0.15, -0.1) is 0 Å². The molecule has 0 heterocycles. The normalized spacial score (nSPS) is 10.8. The van der Waals surface area contributed by atoms with Crippen LogP contribution in [0.5, 0.6) is 0 Å². The van der Waals surface area contributed by atoms with Crippen molar-refractivity contribution in [1.82, 2.24) is 0 Å². The number of rotatable bonds is 4. The van der Waals surface area contributed by atoms with E-state index in [0.717, 1.165) is 6.07 Å². The van der Waals surface area contributed by atoms with E-state index in [9.17, 15) is 25.9 Å². The molecule has 0 aromatic heterocycles. The summed E-state index contributed by atoms with van der Waals surface area (Å²) in [5.74, 6) is 0. The zero-order valence-corrected chi connectivity index (χ0v) is 15.2. The molecule has 1 aromatic carbocycles. The van der Waals surface area contributed by atoms with Gasteiger partial charge in [0.15, 0.2) is 20.6 Å². The fourth-order valence-corrected chi connectivity index (χ4v) is 1.77. The van der Waals surface area contributed by atoms with Gasteiger partial charge in [-0.1, -0.05) is 6.07 Å². The molecule has 18 heavy (non-hydrogen) atoms. The first-order valence-corrected chi connectivity index (χ1v) is 6.55. The minimum absolute atomic E-state index is 0. The molecule has 0 amide bonds. The third-order valence-electron chi connectivity index (χ3n) is 1.35. The van der Waals surface area contributed by atoms with Crippen LogP contribution in [0.1, 0.15) is 0 Å². The maximum atomic E-state index is 10.3. The van der Waals surface area contributed by atoms with Crippen molar-refractivity contribution < 1.29 is 85.1 Å². The second kappa shape index (κ2) is 8.04. The van der Waals surface area contributed by atoms with Crippen LogP contribution >= 0.6 is 0 Å². The number of hydrogen-bond donors (Lipinski definition) is 2. The van der Waals surface area contributed by atoms with Crippen LogP contribution in [0, 0.1) is 0 Å². The van der Waals surface area contributed by atoms with Crippen molar-refractivity contribution in [2.75, 3.05) is 9.44 Å². The van der Waals surface area contributed by atoms with Gasteiger partial charge in [0.05, 0.1) is 0 Å². The SMILES string of the molecule is O=S(=O)([O-])Nc1cccc(NS(=O)(=O)[O-])c1.[Na+].[Na+]. The smallest absolute Gasteiger partial charge is 0.731 e. The fraction of sp³-hybridized carbons (Fsp3) is 0. The Morgan fingerprint density at radius 3 is 1.44 bits per heavy atom.